The molecule has 0 bridgehead atoms. The van der Waals surface area contributed by atoms with Crippen molar-refractivity contribution < 1.29 is 0 Å². The number of fused-ring (bicyclic) bond motifs is 9. The number of hydrogen-bond acceptors (Lipinski definition) is 1. The molecule has 1 aliphatic heterocycles. The van der Waals surface area contributed by atoms with E-state index in [0.29, 0.717) is 0 Å². The minimum absolute atomic E-state index is 0.320. The predicted octanol–water partition coefficient (Wildman–Crippen LogP) is 16.0. The Hall–Kier alpha value is -8.14. The molecule has 0 radical (unpaired) electrons. The highest BCUT2D eigenvalue weighted by Crippen LogP contribution is 2.57. The second-order valence-corrected chi connectivity index (χ2v) is 17.5. The maximum Gasteiger partial charge on any atom is 0.0716 e. The zero-order valence-corrected chi connectivity index (χ0v) is 35.5. The minimum Gasteiger partial charge on any atom is -0.331 e. The van der Waals surface area contributed by atoms with Crippen molar-refractivity contribution in [1.82, 2.24) is 9.13 Å². The van der Waals surface area contributed by atoms with Crippen LogP contribution in [-0.2, 0) is 0 Å². The van der Waals surface area contributed by atoms with Crippen molar-refractivity contribution in [2.24, 2.45) is 0 Å². The van der Waals surface area contributed by atoms with Crippen LogP contribution in [0.5, 0.6) is 0 Å². The summed E-state index contributed by atoms with van der Waals surface area (Å²) < 4.78 is 4.86. The van der Waals surface area contributed by atoms with E-state index in [0.717, 1.165) is 12.1 Å². The minimum atomic E-state index is -0.320. The molecular formula is C61H43N3. The Balaban J connectivity index is 0.984. The number of para-hydroxylation sites is 3. The van der Waals surface area contributed by atoms with E-state index >= 15 is 0 Å². The van der Waals surface area contributed by atoms with Crippen LogP contribution in [0.4, 0.5) is 11.4 Å². The van der Waals surface area contributed by atoms with Gasteiger partial charge in [-0.25, -0.2) is 0 Å². The van der Waals surface area contributed by atoms with Crippen LogP contribution in [0.3, 0.4) is 0 Å². The lowest BCUT2D eigenvalue weighted by atomic mass is 9.79. The highest BCUT2D eigenvalue weighted by atomic mass is 15.2. The molecule has 0 fully saturated rings. The molecule has 11 aromatic rings. The average Bonchev–Trinajstić information content (AvgIpc) is 3.96. The monoisotopic (exact) mass is 817 g/mol. The van der Waals surface area contributed by atoms with Gasteiger partial charge in [-0.3, -0.25) is 0 Å². The smallest absolute Gasteiger partial charge is 0.0716 e. The SMILES string of the molecule is CC12CC=C(c3ccc4c(c3)c3ccccc3n4-c3ccc(-c4ccccc4)cc3)C=C1c1cc3c(cc1N2c1cccc(-c2ccccc2)c1)c1ccccc1n3-c1ccccc1. The molecule has 1 unspecified atom stereocenters. The normalized spacial score (nSPS) is 15.7. The van der Waals surface area contributed by atoms with E-state index in [1.807, 2.05) is 0 Å². The number of anilines is 2. The lowest BCUT2D eigenvalue weighted by Crippen LogP contribution is -2.40. The summed E-state index contributed by atoms with van der Waals surface area (Å²) in [5, 5.41) is 5.03. The summed E-state index contributed by atoms with van der Waals surface area (Å²) in [5.74, 6) is 0. The van der Waals surface area contributed by atoms with E-state index in [2.05, 4.69) is 251 Å². The zero-order chi connectivity index (χ0) is 42.4. The molecule has 2 aliphatic rings. The molecule has 1 atom stereocenters. The van der Waals surface area contributed by atoms with E-state index in [1.165, 1.54) is 105 Å². The molecule has 0 saturated carbocycles. The van der Waals surface area contributed by atoms with Gasteiger partial charge in [-0.2, -0.15) is 0 Å². The molecule has 0 saturated heterocycles. The van der Waals surface area contributed by atoms with Gasteiger partial charge in [-0.05, 0) is 131 Å². The van der Waals surface area contributed by atoms with Gasteiger partial charge in [0.2, 0.25) is 0 Å². The van der Waals surface area contributed by atoms with E-state index < -0.39 is 0 Å². The molecular weight excluding hydrogens is 775 g/mol. The van der Waals surface area contributed by atoms with Gasteiger partial charge in [-0.15, -0.1) is 0 Å². The summed E-state index contributed by atoms with van der Waals surface area (Å²) in [4.78, 5) is 2.63. The second-order valence-electron chi connectivity index (χ2n) is 17.5. The topological polar surface area (TPSA) is 13.1 Å². The third kappa shape index (κ3) is 5.54. The summed E-state index contributed by atoms with van der Waals surface area (Å²) in [7, 11) is 0. The van der Waals surface area contributed by atoms with E-state index in [9.17, 15) is 0 Å². The van der Waals surface area contributed by atoms with Crippen LogP contribution in [0, 0.1) is 0 Å². The highest BCUT2D eigenvalue weighted by Gasteiger charge is 2.46. The average molecular weight is 818 g/mol. The fourth-order valence-corrected chi connectivity index (χ4v) is 10.8. The Morgan fingerprint density at radius 2 is 0.891 bits per heavy atom. The Kier molecular flexibility index (Phi) is 8.10. The molecule has 9 aromatic carbocycles. The zero-order valence-electron chi connectivity index (χ0n) is 35.5. The van der Waals surface area contributed by atoms with Gasteiger partial charge in [-0.1, -0.05) is 152 Å². The molecule has 2 aromatic heterocycles. The first-order valence-corrected chi connectivity index (χ1v) is 22.3. The lowest BCUT2D eigenvalue weighted by Gasteiger charge is -2.40. The molecule has 13 rings (SSSR count). The highest BCUT2D eigenvalue weighted by molar-refractivity contribution is 6.15. The van der Waals surface area contributed by atoms with Crippen LogP contribution in [-0.4, -0.2) is 14.7 Å². The van der Waals surface area contributed by atoms with Gasteiger partial charge >= 0.3 is 0 Å². The molecule has 3 heteroatoms. The maximum atomic E-state index is 2.63. The molecule has 0 spiro atoms. The number of rotatable bonds is 6. The van der Waals surface area contributed by atoms with Crippen molar-refractivity contribution in [2.45, 2.75) is 18.9 Å². The Bertz CT molecular complexity index is 3680. The van der Waals surface area contributed by atoms with Gasteiger partial charge in [0.05, 0.1) is 33.3 Å². The van der Waals surface area contributed by atoms with Gasteiger partial charge < -0.3 is 14.0 Å². The van der Waals surface area contributed by atoms with Crippen LogP contribution in [0.15, 0.2) is 231 Å². The first kappa shape index (κ1) is 36.5. The Labute approximate surface area is 372 Å². The molecule has 0 N–H and O–H groups in total. The standard InChI is InChI=1S/C61H43N3/c1-61-35-34-46(45-30-33-58-52(37-45)50-24-11-13-26-56(50)62(58)48-31-28-43(29-32-48)41-16-5-2-6-17-41)38-55(61)54-40-59-53(51-25-12-14-27-57(51)63(59)47-21-9-4-10-22-47)39-60(54)64(61)49-23-15-20-44(36-49)42-18-7-3-8-19-42/h2-34,36-40H,35H2,1H3. The van der Waals surface area contributed by atoms with Crippen molar-refractivity contribution in [3.63, 3.8) is 0 Å². The molecule has 302 valence electrons. The predicted molar refractivity (Wildman–Crippen MR) is 270 cm³/mol. The Morgan fingerprint density at radius 3 is 1.59 bits per heavy atom. The molecule has 3 heterocycles. The van der Waals surface area contributed by atoms with Crippen LogP contribution in [0.2, 0.25) is 0 Å². The summed E-state index contributed by atoms with van der Waals surface area (Å²) in [5.41, 5.74) is 19.3. The van der Waals surface area contributed by atoms with Gasteiger partial charge in [0.1, 0.15) is 0 Å². The van der Waals surface area contributed by atoms with Gasteiger partial charge in [0.25, 0.3) is 0 Å². The van der Waals surface area contributed by atoms with Crippen LogP contribution >= 0.6 is 0 Å². The number of nitrogens with zero attached hydrogens (tertiary/aromatic N) is 3. The third-order valence-corrected chi connectivity index (χ3v) is 13.9. The number of allylic oxidation sites excluding steroid dienone is 2. The van der Waals surface area contributed by atoms with Gasteiger partial charge in [0.15, 0.2) is 0 Å². The molecule has 3 nitrogen and oxygen atoms in total. The summed E-state index contributed by atoms with van der Waals surface area (Å²) in [6.07, 6.45) is 5.83. The summed E-state index contributed by atoms with van der Waals surface area (Å²) >= 11 is 0. The van der Waals surface area contributed by atoms with Crippen molar-refractivity contribution in [3.8, 4) is 33.6 Å². The van der Waals surface area contributed by atoms with Crippen molar-refractivity contribution >= 4 is 66.1 Å². The Morgan fingerprint density at radius 1 is 0.375 bits per heavy atom. The van der Waals surface area contributed by atoms with Gasteiger partial charge in [0, 0.05) is 44.2 Å². The number of hydrogen-bond donors (Lipinski definition) is 0. The van der Waals surface area contributed by atoms with Crippen LogP contribution in [0.1, 0.15) is 24.5 Å². The third-order valence-electron chi connectivity index (χ3n) is 13.9. The molecule has 64 heavy (non-hydrogen) atoms. The van der Waals surface area contributed by atoms with Crippen molar-refractivity contribution in [3.05, 3.63) is 242 Å². The second kappa shape index (κ2) is 14.2. The fourth-order valence-electron chi connectivity index (χ4n) is 10.8. The lowest BCUT2D eigenvalue weighted by molar-refractivity contribution is 0.608. The summed E-state index contributed by atoms with van der Waals surface area (Å²) in [6.45, 7) is 2.44. The quantitative estimate of drug-likeness (QED) is 0.163. The number of aromatic nitrogens is 2. The van der Waals surface area contributed by atoms with E-state index in [1.54, 1.807) is 0 Å². The summed E-state index contributed by atoms with van der Waals surface area (Å²) in [6, 6.07) is 80.0. The molecule has 1 aliphatic carbocycles. The van der Waals surface area contributed by atoms with E-state index in [-0.39, 0.29) is 5.54 Å². The van der Waals surface area contributed by atoms with Crippen molar-refractivity contribution in [1.29, 1.82) is 0 Å². The number of benzene rings is 9. The van der Waals surface area contributed by atoms with E-state index in [4.69, 9.17) is 0 Å². The first-order valence-electron chi connectivity index (χ1n) is 22.3. The first-order chi connectivity index (χ1) is 31.6. The van der Waals surface area contributed by atoms with Crippen LogP contribution in [0.25, 0.3) is 88.4 Å². The van der Waals surface area contributed by atoms with Crippen LogP contribution < -0.4 is 4.90 Å². The fraction of sp³-hybridized carbons (Fsp3) is 0.0492. The largest absolute Gasteiger partial charge is 0.331 e. The maximum absolute atomic E-state index is 2.63. The molecule has 0 amide bonds. The van der Waals surface area contributed by atoms with Crippen molar-refractivity contribution in [2.75, 3.05) is 4.90 Å².